The SMILES string of the molecule is COC(=O)C(C)(C)OCC#Cc1cc(C(F)(F)F)ccc1NS(=O)(=O)c1cc(OC)ccc1OC. The van der Waals surface area contributed by atoms with Crippen LogP contribution in [0.4, 0.5) is 18.9 Å². The van der Waals surface area contributed by atoms with Crippen molar-refractivity contribution >= 4 is 21.7 Å². The predicted molar refractivity (Wildman–Crippen MR) is 121 cm³/mol. The summed E-state index contributed by atoms with van der Waals surface area (Å²) in [4.78, 5) is 11.4. The Hall–Kier alpha value is -3.43. The van der Waals surface area contributed by atoms with Gasteiger partial charge >= 0.3 is 12.1 Å². The number of halogens is 3. The second kappa shape index (κ2) is 10.9. The summed E-state index contributed by atoms with van der Waals surface area (Å²) >= 11 is 0. The van der Waals surface area contributed by atoms with Gasteiger partial charge in [0.2, 0.25) is 0 Å². The number of carbonyl (C=O) groups is 1. The Bertz CT molecular complexity index is 1250. The number of sulfonamides is 1. The fourth-order valence-electron chi connectivity index (χ4n) is 2.76. The lowest BCUT2D eigenvalue weighted by Gasteiger charge is -2.20. The van der Waals surface area contributed by atoms with E-state index in [1.54, 1.807) is 0 Å². The lowest BCUT2D eigenvalue weighted by molar-refractivity contribution is -0.163. The average molecular weight is 516 g/mol. The first-order chi connectivity index (χ1) is 16.2. The van der Waals surface area contributed by atoms with Crippen LogP contribution in [-0.4, -0.2) is 47.9 Å². The van der Waals surface area contributed by atoms with Crippen LogP contribution in [0.5, 0.6) is 11.5 Å². The summed E-state index contributed by atoms with van der Waals surface area (Å²) in [6.07, 6.45) is -4.69. The third-order valence-corrected chi connectivity index (χ3v) is 6.04. The van der Waals surface area contributed by atoms with E-state index in [2.05, 4.69) is 21.3 Å². The van der Waals surface area contributed by atoms with E-state index < -0.39 is 33.3 Å². The first-order valence-electron chi connectivity index (χ1n) is 9.92. The number of rotatable bonds is 8. The van der Waals surface area contributed by atoms with E-state index in [4.69, 9.17) is 14.2 Å². The van der Waals surface area contributed by atoms with Crippen LogP contribution >= 0.6 is 0 Å². The molecule has 0 atom stereocenters. The highest BCUT2D eigenvalue weighted by atomic mass is 32.2. The monoisotopic (exact) mass is 515 g/mol. The Balaban J connectivity index is 2.46. The molecule has 0 spiro atoms. The molecule has 2 rings (SSSR count). The zero-order valence-corrected chi connectivity index (χ0v) is 20.4. The van der Waals surface area contributed by atoms with Crippen molar-refractivity contribution in [2.75, 3.05) is 32.7 Å². The number of carbonyl (C=O) groups excluding carboxylic acids is 1. The highest BCUT2D eigenvalue weighted by molar-refractivity contribution is 7.92. The second-order valence-electron chi connectivity index (χ2n) is 7.47. The van der Waals surface area contributed by atoms with Crippen LogP contribution in [0.15, 0.2) is 41.3 Å². The molecule has 0 aliphatic rings. The molecule has 2 aromatic carbocycles. The van der Waals surface area contributed by atoms with Crippen molar-refractivity contribution in [2.24, 2.45) is 0 Å². The molecule has 8 nitrogen and oxygen atoms in total. The second-order valence-corrected chi connectivity index (χ2v) is 9.12. The average Bonchev–Trinajstić information content (AvgIpc) is 2.80. The molecule has 0 fully saturated rings. The maximum Gasteiger partial charge on any atom is 0.416 e. The number of hydrogen-bond acceptors (Lipinski definition) is 7. The van der Waals surface area contributed by atoms with Gasteiger partial charge in [0.1, 0.15) is 23.0 Å². The molecule has 2 aromatic rings. The van der Waals surface area contributed by atoms with Crippen molar-refractivity contribution in [3.63, 3.8) is 0 Å². The van der Waals surface area contributed by atoms with Crippen LogP contribution in [0.1, 0.15) is 25.0 Å². The molecular weight excluding hydrogens is 491 g/mol. The lowest BCUT2D eigenvalue weighted by Crippen LogP contribution is -2.36. The molecule has 0 radical (unpaired) electrons. The molecule has 0 aliphatic heterocycles. The molecule has 12 heteroatoms. The summed E-state index contributed by atoms with van der Waals surface area (Å²) in [5.74, 6) is 4.52. The van der Waals surface area contributed by atoms with Gasteiger partial charge in [0, 0.05) is 11.6 Å². The molecule has 1 N–H and O–H groups in total. The molecular formula is C23H24F3NO7S. The Morgan fingerprint density at radius 2 is 1.71 bits per heavy atom. The zero-order valence-electron chi connectivity index (χ0n) is 19.6. The summed E-state index contributed by atoms with van der Waals surface area (Å²) in [5.41, 5.74) is -2.84. The highest BCUT2D eigenvalue weighted by Crippen LogP contribution is 2.34. The smallest absolute Gasteiger partial charge is 0.416 e. The topological polar surface area (TPSA) is 100 Å². The van der Waals surface area contributed by atoms with E-state index in [0.717, 1.165) is 12.1 Å². The number of methoxy groups -OCH3 is 3. The van der Waals surface area contributed by atoms with E-state index in [0.29, 0.717) is 6.07 Å². The predicted octanol–water partition coefficient (Wildman–Crippen LogP) is 3.84. The maximum absolute atomic E-state index is 13.3. The Morgan fingerprint density at radius 1 is 1.03 bits per heavy atom. The van der Waals surface area contributed by atoms with Gasteiger partial charge in [0.15, 0.2) is 5.60 Å². The third-order valence-electron chi connectivity index (χ3n) is 4.66. The van der Waals surface area contributed by atoms with E-state index in [1.165, 1.54) is 53.4 Å². The number of esters is 1. The fourth-order valence-corrected chi connectivity index (χ4v) is 4.02. The standard InChI is InChI=1S/C23H24F3NO7S/c1-22(2,21(28)33-5)34-12-6-7-15-13-16(23(24,25)26)8-10-18(15)27-35(29,30)20-14-17(31-3)9-11-19(20)32-4/h8-11,13-14,27H,12H2,1-5H3. The van der Waals surface area contributed by atoms with Gasteiger partial charge in [-0.25, -0.2) is 13.2 Å². The van der Waals surface area contributed by atoms with Gasteiger partial charge in [-0.15, -0.1) is 0 Å². The van der Waals surface area contributed by atoms with Crippen molar-refractivity contribution in [2.45, 2.75) is 30.5 Å². The first-order valence-corrected chi connectivity index (χ1v) is 11.4. The van der Waals surface area contributed by atoms with E-state index >= 15 is 0 Å². The summed E-state index contributed by atoms with van der Waals surface area (Å²) in [7, 11) is -0.531. The minimum Gasteiger partial charge on any atom is -0.497 e. The van der Waals surface area contributed by atoms with Crippen LogP contribution in [0.25, 0.3) is 0 Å². The van der Waals surface area contributed by atoms with Crippen molar-refractivity contribution in [3.05, 3.63) is 47.5 Å². The van der Waals surface area contributed by atoms with E-state index in [-0.39, 0.29) is 34.3 Å². The highest BCUT2D eigenvalue weighted by Gasteiger charge is 2.32. The number of hydrogen-bond donors (Lipinski definition) is 1. The quantitative estimate of drug-likeness (QED) is 0.421. The molecule has 0 saturated carbocycles. The summed E-state index contributed by atoms with van der Waals surface area (Å²) in [6, 6.07) is 6.46. The normalized spacial score (nSPS) is 11.8. The number of benzene rings is 2. The van der Waals surface area contributed by atoms with E-state index in [1.807, 2.05) is 0 Å². The van der Waals surface area contributed by atoms with Crippen molar-refractivity contribution in [1.29, 1.82) is 0 Å². The van der Waals surface area contributed by atoms with Crippen LogP contribution in [-0.2, 0) is 30.5 Å². The molecule has 0 unspecified atom stereocenters. The van der Waals surface area contributed by atoms with Gasteiger partial charge in [-0.1, -0.05) is 11.8 Å². The molecule has 0 aromatic heterocycles. The van der Waals surface area contributed by atoms with Gasteiger partial charge in [-0.05, 0) is 44.2 Å². The minimum absolute atomic E-state index is 0.00344. The van der Waals surface area contributed by atoms with Crippen molar-refractivity contribution < 1.29 is 45.3 Å². The number of ether oxygens (including phenoxy) is 4. The van der Waals surface area contributed by atoms with Crippen LogP contribution in [0.2, 0.25) is 0 Å². The van der Waals surface area contributed by atoms with Crippen LogP contribution in [0.3, 0.4) is 0 Å². The molecule has 35 heavy (non-hydrogen) atoms. The number of alkyl halides is 3. The van der Waals surface area contributed by atoms with Gasteiger partial charge in [-0.2, -0.15) is 13.2 Å². The number of anilines is 1. The van der Waals surface area contributed by atoms with Crippen molar-refractivity contribution in [3.8, 4) is 23.3 Å². The Kier molecular flexibility index (Phi) is 8.64. The van der Waals surface area contributed by atoms with E-state index in [9.17, 15) is 26.4 Å². The maximum atomic E-state index is 13.3. The largest absolute Gasteiger partial charge is 0.497 e. The summed E-state index contributed by atoms with van der Waals surface area (Å²) in [6.45, 7) is 2.53. The zero-order chi connectivity index (χ0) is 26.4. The minimum atomic E-state index is -4.69. The van der Waals surface area contributed by atoms with Crippen LogP contribution in [0, 0.1) is 11.8 Å². The first kappa shape index (κ1) is 27.8. The fraction of sp³-hybridized carbons (Fsp3) is 0.348. The Morgan fingerprint density at radius 3 is 2.29 bits per heavy atom. The van der Waals surface area contributed by atoms with Gasteiger partial charge in [0.05, 0.1) is 32.6 Å². The molecule has 0 bridgehead atoms. The Labute approximate surface area is 201 Å². The molecule has 0 heterocycles. The molecule has 0 saturated heterocycles. The lowest BCUT2D eigenvalue weighted by atomic mass is 10.1. The van der Waals surface area contributed by atoms with Gasteiger partial charge in [0.25, 0.3) is 10.0 Å². The summed E-state index contributed by atoms with van der Waals surface area (Å²) in [5, 5.41) is 0. The van der Waals surface area contributed by atoms with Gasteiger partial charge < -0.3 is 18.9 Å². The summed E-state index contributed by atoms with van der Waals surface area (Å²) < 4.78 is 88.2. The van der Waals surface area contributed by atoms with Crippen molar-refractivity contribution in [1.82, 2.24) is 0 Å². The molecule has 0 amide bonds. The number of nitrogens with one attached hydrogen (secondary N) is 1. The molecule has 0 aliphatic carbocycles. The van der Waals surface area contributed by atoms with Crippen LogP contribution < -0.4 is 14.2 Å². The molecule has 190 valence electrons. The van der Waals surface area contributed by atoms with Gasteiger partial charge in [-0.3, -0.25) is 4.72 Å². The third kappa shape index (κ3) is 7.03.